The van der Waals surface area contributed by atoms with Crippen LogP contribution in [0, 0.1) is 5.92 Å². The molecule has 1 aromatic heterocycles. The van der Waals surface area contributed by atoms with E-state index in [4.69, 9.17) is 23.2 Å². The molecule has 0 N–H and O–H groups in total. The molecule has 1 aliphatic rings. The first-order chi connectivity index (χ1) is 7.25. The molecule has 2 nitrogen and oxygen atoms in total. The second-order valence-corrected chi connectivity index (χ2v) is 4.87. The van der Waals surface area contributed by atoms with Crippen LogP contribution in [0.1, 0.15) is 37.8 Å². The fourth-order valence-electron chi connectivity index (χ4n) is 2.19. The maximum Gasteiger partial charge on any atom is 0.222 e. The van der Waals surface area contributed by atoms with Crippen LogP contribution in [0.2, 0.25) is 10.3 Å². The second-order valence-electron chi connectivity index (χ2n) is 4.12. The van der Waals surface area contributed by atoms with Crippen LogP contribution in [-0.2, 0) is 6.42 Å². The summed E-state index contributed by atoms with van der Waals surface area (Å²) in [6.07, 6.45) is 9.15. The highest BCUT2D eigenvalue weighted by atomic mass is 35.5. The summed E-state index contributed by atoms with van der Waals surface area (Å²) in [6, 6.07) is 0. The third-order valence-electron chi connectivity index (χ3n) is 3.05. The van der Waals surface area contributed by atoms with E-state index < -0.39 is 0 Å². The monoisotopic (exact) mass is 244 g/mol. The standard InChI is InChI=1S/C11H14Cl2N2/c12-9-7-14-11(13)15-10(9)6-5-8-3-1-2-4-8/h7-8H,1-6H2. The molecule has 2 rings (SSSR count). The van der Waals surface area contributed by atoms with Crippen LogP contribution in [0.4, 0.5) is 0 Å². The van der Waals surface area contributed by atoms with E-state index in [1.54, 1.807) is 6.20 Å². The molecule has 0 atom stereocenters. The number of hydrogen-bond acceptors (Lipinski definition) is 2. The molecule has 0 aromatic carbocycles. The molecule has 4 heteroatoms. The van der Waals surface area contributed by atoms with Gasteiger partial charge in [-0.05, 0) is 30.4 Å². The summed E-state index contributed by atoms with van der Waals surface area (Å²) in [4.78, 5) is 8.00. The van der Waals surface area contributed by atoms with Crippen molar-refractivity contribution < 1.29 is 0 Å². The second kappa shape index (κ2) is 5.13. The lowest BCUT2D eigenvalue weighted by Crippen LogP contribution is -2.00. The van der Waals surface area contributed by atoms with Crippen molar-refractivity contribution >= 4 is 23.2 Å². The Labute approximate surface area is 100 Å². The highest BCUT2D eigenvalue weighted by molar-refractivity contribution is 6.31. The predicted molar refractivity (Wildman–Crippen MR) is 62.3 cm³/mol. The van der Waals surface area contributed by atoms with E-state index in [0.29, 0.717) is 10.3 Å². The van der Waals surface area contributed by atoms with E-state index >= 15 is 0 Å². The van der Waals surface area contributed by atoms with Crippen molar-refractivity contribution in [2.45, 2.75) is 38.5 Å². The van der Waals surface area contributed by atoms with Crippen molar-refractivity contribution in [2.24, 2.45) is 5.92 Å². The van der Waals surface area contributed by atoms with Gasteiger partial charge in [0.05, 0.1) is 16.9 Å². The Balaban J connectivity index is 1.94. The van der Waals surface area contributed by atoms with E-state index in [2.05, 4.69) is 9.97 Å². The van der Waals surface area contributed by atoms with Gasteiger partial charge < -0.3 is 0 Å². The van der Waals surface area contributed by atoms with Gasteiger partial charge in [0.2, 0.25) is 5.28 Å². The Morgan fingerprint density at radius 1 is 1.27 bits per heavy atom. The van der Waals surface area contributed by atoms with Gasteiger partial charge in [-0.1, -0.05) is 37.3 Å². The minimum absolute atomic E-state index is 0.292. The number of rotatable bonds is 3. The first kappa shape index (κ1) is 11.2. The maximum absolute atomic E-state index is 6.00. The molecule has 0 radical (unpaired) electrons. The maximum atomic E-state index is 6.00. The van der Waals surface area contributed by atoms with Crippen molar-refractivity contribution in [2.75, 3.05) is 0 Å². The van der Waals surface area contributed by atoms with Crippen molar-refractivity contribution in [1.29, 1.82) is 0 Å². The molecular weight excluding hydrogens is 231 g/mol. The summed E-state index contributed by atoms with van der Waals surface area (Å²) < 4.78 is 0. The number of halogens is 2. The molecule has 1 saturated carbocycles. The zero-order chi connectivity index (χ0) is 10.7. The first-order valence-corrected chi connectivity index (χ1v) is 6.18. The quantitative estimate of drug-likeness (QED) is 0.754. The Kier molecular flexibility index (Phi) is 3.81. The summed E-state index contributed by atoms with van der Waals surface area (Å²) >= 11 is 11.7. The van der Waals surface area contributed by atoms with Crippen molar-refractivity contribution in [3.8, 4) is 0 Å². The SMILES string of the molecule is Clc1ncc(Cl)c(CCC2CCCC2)n1. The van der Waals surface area contributed by atoms with Gasteiger partial charge in [0.25, 0.3) is 0 Å². The Morgan fingerprint density at radius 2 is 2.00 bits per heavy atom. The van der Waals surface area contributed by atoms with Crippen LogP contribution in [0.15, 0.2) is 6.20 Å². The van der Waals surface area contributed by atoms with Crippen LogP contribution >= 0.6 is 23.2 Å². The molecule has 82 valence electrons. The average molecular weight is 245 g/mol. The fraction of sp³-hybridized carbons (Fsp3) is 0.636. The van der Waals surface area contributed by atoms with Gasteiger partial charge in [-0.25, -0.2) is 9.97 Å². The molecule has 0 aliphatic heterocycles. The molecule has 1 fully saturated rings. The molecule has 1 aromatic rings. The highest BCUT2D eigenvalue weighted by Crippen LogP contribution is 2.29. The van der Waals surface area contributed by atoms with Gasteiger partial charge in [0, 0.05) is 0 Å². The minimum atomic E-state index is 0.292. The molecule has 1 aliphatic carbocycles. The first-order valence-electron chi connectivity index (χ1n) is 5.42. The molecule has 0 amide bonds. The lowest BCUT2D eigenvalue weighted by Gasteiger charge is -2.08. The Morgan fingerprint density at radius 3 is 2.73 bits per heavy atom. The van der Waals surface area contributed by atoms with Crippen molar-refractivity contribution in [3.63, 3.8) is 0 Å². The van der Waals surface area contributed by atoms with Crippen LogP contribution in [0.5, 0.6) is 0 Å². The molecule has 15 heavy (non-hydrogen) atoms. The zero-order valence-corrected chi connectivity index (χ0v) is 10.1. The molecule has 0 bridgehead atoms. The molecule has 1 heterocycles. The lowest BCUT2D eigenvalue weighted by atomic mass is 10.0. The number of nitrogens with zero attached hydrogens (tertiary/aromatic N) is 2. The summed E-state index contributed by atoms with van der Waals surface area (Å²) in [5.74, 6) is 0.856. The van der Waals surface area contributed by atoms with Gasteiger partial charge in [-0.3, -0.25) is 0 Å². The van der Waals surface area contributed by atoms with Gasteiger partial charge in [0.15, 0.2) is 0 Å². The van der Waals surface area contributed by atoms with Crippen molar-refractivity contribution in [1.82, 2.24) is 9.97 Å². The summed E-state index contributed by atoms with van der Waals surface area (Å²) in [5.41, 5.74) is 0.892. The zero-order valence-electron chi connectivity index (χ0n) is 8.55. The number of aromatic nitrogens is 2. The molecule has 0 unspecified atom stereocenters. The predicted octanol–water partition coefficient (Wildman–Crippen LogP) is 3.91. The Hall–Kier alpha value is -0.340. The van der Waals surface area contributed by atoms with Gasteiger partial charge in [-0.15, -0.1) is 0 Å². The fourth-order valence-corrected chi connectivity index (χ4v) is 2.53. The third-order valence-corrected chi connectivity index (χ3v) is 3.55. The topological polar surface area (TPSA) is 25.8 Å². The summed E-state index contributed by atoms with van der Waals surface area (Å²) in [7, 11) is 0. The van der Waals surface area contributed by atoms with Gasteiger partial charge in [0.1, 0.15) is 0 Å². The number of hydrogen-bond donors (Lipinski definition) is 0. The van der Waals surface area contributed by atoms with Crippen LogP contribution in [-0.4, -0.2) is 9.97 Å². The van der Waals surface area contributed by atoms with E-state index in [1.807, 2.05) is 0 Å². The van der Waals surface area contributed by atoms with Crippen LogP contribution in [0.25, 0.3) is 0 Å². The third kappa shape index (κ3) is 3.05. The van der Waals surface area contributed by atoms with E-state index in [0.717, 1.165) is 18.0 Å². The van der Waals surface area contributed by atoms with Gasteiger partial charge >= 0.3 is 0 Å². The smallest absolute Gasteiger partial charge is 0.222 e. The summed E-state index contributed by atoms with van der Waals surface area (Å²) in [5, 5.41) is 0.929. The van der Waals surface area contributed by atoms with Crippen molar-refractivity contribution in [3.05, 3.63) is 22.2 Å². The van der Waals surface area contributed by atoms with E-state index in [1.165, 1.54) is 32.1 Å². The largest absolute Gasteiger partial charge is 0.225 e. The molecule has 0 saturated heterocycles. The normalized spacial score (nSPS) is 17.2. The van der Waals surface area contributed by atoms with Gasteiger partial charge in [-0.2, -0.15) is 0 Å². The summed E-state index contributed by atoms with van der Waals surface area (Å²) in [6.45, 7) is 0. The van der Waals surface area contributed by atoms with Crippen LogP contribution < -0.4 is 0 Å². The minimum Gasteiger partial charge on any atom is -0.225 e. The lowest BCUT2D eigenvalue weighted by molar-refractivity contribution is 0.500. The average Bonchev–Trinajstić information content (AvgIpc) is 2.72. The van der Waals surface area contributed by atoms with Crippen LogP contribution in [0.3, 0.4) is 0 Å². The molecule has 0 spiro atoms. The van der Waals surface area contributed by atoms with E-state index in [9.17, 15) is 0 Å². The molecular formula is C11H14Cl2N2. The number of aryl methyl sites for hydroxylation is 1. The van der Waals surface area contributed by atoms with E-state index in [-0.39, 0.29) is 0 Å². The highest BCUT2D eigenvalue weighted by Gasteiger charge is 2.15. The Bertz CT molecular complexity index is 335.